The molecule has 2 N–H and O–H groups in total. The van der Waals surface area contributed by atoms with Gasteiger partial charge in [0.15, 0.2) is 5.82 Å². The van der Waals surface area contributed by atoms with Gasteiger partial charge in [0.05, 0.1) is 5.75 Å². The summed E-state index contributed by atoms with van der Waals surface area (Å²) >= 11 is 4.77. The molecule has 0 saturated carbocycles. The van der Waals surface area contributed by atoms with Crippen molar-refractivity contribution in [1.29, 1.82) is 0 Å². The van der Waals surface area contributed by atoms with Crippen molar-refractivity contribution in [2.24, 2.45) is 0 Å². The maximum atomic E-state index is 12.4. The standard InChI is InChI=1S/C16H20BrN5OS/c17-13-7-5-6-12(10-13)15-19-20-16(22(15)18)24-11-14(23)21-8-3-1-2-4-9-21/h5-7,10H,1-4,8-9,11,18H2. The number of likely N-dealkylation sites (tertiary alicyclic amines) is 1. The van der Waals surface area contributed by atoms with E-state index < -0.39 is 0 Å². The van der Waals surface area contributed by atoms with Gasteiger partial charge in [-0.05, 0) is 25.0 Å². The molecule has 6 nitrogen and oxygen atoms in total. The molecule has 0 unspecified atom stereocenters. The molecule has 1 fully saturated rings. The average Bonchev–Trinajstić information content (AvgIpc) is 2.77. The molecule has 2 aromatic rings. The van der Waals surface area contributed by atoms with Crippen LogP contribution in [0.5, 0.6) is 0 Å². The molecule has 1 aromatic heterocycles. The molecule has 0 atom stereocenters. The number of hydrogen-bond acceptors (Lipinski definition) is 5. The zero-order valence-corrected chi connectivity index (χ0v) is 15.7. The van der Waals surface area contributed by atoms with Crippen LogP contribution in [0.15, 0.2) is 33.9 Å². The lowest BCUT2D eigenvalue weighted by atomic mass is 10.2. The van der Waals surface area contributed by atoms with E-state index in [1.165, 1.54) is 29.3 Å². The summed E-state index contributed by atoms with van der Waals surface area (Å²) in [6, 6.07) is 7.72. The molecule has 1 aliphatic rings. The molecular weight excluding hydrogens is 390 g/mol. The Balaban J connectivity index is 1.65. The molecule has 1 saturated heterocycles. The maximum absolute atomic E-state index is 12.4. The van der Waals surface area contributed by atoms with Crippen LogP contribution in [0.1, 0.15) is 25.7 Å². The van der Waals surface area contributed by atoms with Gasteiger partial charge in [0, 0.05) is 23.1 Å². The highest BCUT2D eigenvalue weighted by molar-refractivity contribution is 9.10. The topological polar surface area (TPSA) is 77.0 Å². The quantitative estimate of drug-likeness (QED) is 0.620. The minimum Gasteiger partial charge on any atom is -0.342 e. The van der Waals surface area contributed by atoms with Gasteiger partial charge in [-0.25, -0.2) is 4.68 Å². The summed E-state index contributed by atoms with van der Waals surface area (Å²) in [6.45, 7) is 1.72. The summed E-state index contributed by atoms with van der Waals surface area (Å²) < 4.78 is 2.40. The molecule has 24 heavy (non-hydrogen) atoms. The van der Waals surface area contributed by atoms with Gasteiger partial charge in [0.25, 0.3) is 0 Å². The minimum absolute atomic E-state index is 0.147. The molecule has 1 aromatic carbocycles. The van der Waals surface area contributed by atoms with Crippen LogP contribution < -0.4 is 5.84 Å². The number of amides is 1. The van der Waals surface area contributed by atoms with E-state index in [4.69, 9.17) is 5.84 Å². The summed E-state index contributed by atoms with van der Waals surface area (Å²) in [5.41, 5.74) is 0.880. The van der Waals surface area contributed by atoms with E-state index in [2.05, 4.69) is 26.1 Å². The van der Waals surface area contributed by atoms with E-state index in [1.54, 1.807) is 0 Å². The number of nitrogens with zero attached hydrogens (tertiary/aromatic N) is 4. The highest BCUT2D eigenvalue weighted by Gasteiger charge is 2.18. The first-order valence-corrected chi connectivity index (χ1v) is 9.80. The van der Waals surface area contributed by atoms with Crippen LogP contribution in [0.2, 0.25) is 0 Å². The third-order valence-corrected chi connectivity index (χ3v) is 5.45. The molecular formula is C16H20BrN5OS. The van der Waals surface area contributed by atoms with Crippen molar-refractivity contribution in [1.82, 2.24) is 19.8 Å². The van der Waals surface area contributed by atoms with Crippen LogP contribution in [0.4, 0.5) is 0 Å². The van der Waals surface area contributed by atoms with Crippen LogP contribution in [0.3, 0.4) is 0 Å². The summed E-state index contributed by atoms with van der Waals surface area (Å²) in [5, 5.41) is 8.83. The van der Waals surface area contributed by atoms with Crippen molar-refractivity contribution < 1.29 is 4.79 Å². The normalized spacial score (nSPS) is 15.3. The molecule has 1 aliphatic heterocycles. The van der Waals surface area contributed by atoms with Gasteiger partial charge in [-0.1, -0.05) is 52.7 Å². The van der Waals surface area contributed by atoms with Crippen molar-refractivity contribution in [3.8, 4) is 11.4 Å². The number of carbonyl (C=O) groups excluding carboxylic acids is 1. The first-order valence-electron chi connectivity index (χ1n) is 8.02. The minimum atomic E-state index is 0.147. The summed E-state index contributed by atoms with van der Waals surface area (Å²) in [7, 11) is 0. The largest absolute Gasteiger partial charge is 0.342 e. The Labute approximate surface area is 153 Å². The molecule has 1 amide bonds. The number of benzene rings is 1. The van der Waals surface area contributed by atoms with Crippen LogP contribution in [0, 0.1) is 0 Å². The van der Waals surface area contributed by atoms with Gasteiger partial charge in [0.1, 0.15) is 0 Å². The fourth-order valence-electron chi connectivity index (χ4n) is 2.74. The average molecular weight is 410 g/mol. The Hall–Kier alpha value is -1.54. The number of rotatable bonds is 4. The van der Waals surface area contributed by atoms with Gasteiger partial charge < -0.3 is 10.7 Å². The Morgan fingerprint density at radius 1 is 1.21 bits per heavy atom. The first-order chi connectivity index (χ1) is 11.6. The Morgan fingerprint density at radius 2 is 1.96 bits per heavy atom. The van der Waals surface area contributed by atoms with Gasteiger partial charge in [-0.3, -0.25) is 4.79 Å². The van der Waals surface area contributed by atoms with Gasteiger partial charge >= 0.3 is 0 Å². The molecule has 128 valence electrons. The number of hydrogen-bond donors (Lipinski definition) is 1. The monoisotopic (exact) mass is 409 g/mol. The van der Waals surface area contributed by atoms with Gasteiger partial charge in [-0.2, -0.15) is 0 Å². The zero-order chi connectivity index (χ0) is 16.9. The molecule has 0 aliphatic carbocycles. The lowest BCUT2D eigenvalue weighted by Gasteiger charge is -2.19. The lowest BCUT2D eigenvalue weighted by Crippen LogP contribution is -2.33. The second-order valence-electron chi connectivity index (χ2n) is 5.77. The highest BCUT2D eigenvalue weighted by atomic mass is 79.9. The number of thioether (sulfide) groups is 1. The smallest absolute Gasteiger partial charge is 0.233 e. The van der Waals surface area contributed by atoms with Gasteiger partial charge in [0.2, 0.25) is 11.1 Å². The van der Waals surface area contributed by atoms with E-state index in [0.29, 0.717) is 16.7 Å². The summed E-state index contributed by atoms with van der Waals surface area (Å²) in [5.74, 6) is 7.18. The Morgan fingerprint density at radius 3 is 2.67 bits per heavy atom. The molecule has 8 heteroatoms. The Bertz CT molecular complexity index is 712. The van der Waals surface area contributed by atoms with Gasteiger partial charge in [-0.15, -0.1) is 10.2 Å². The second-order valence-corrected chi connectivity index (χ2v) is 7.63. The van der Waals surface area contributed by atoms with Crippen molar-refractivity contribution in [3.63, 3.8) is 0 Å². The van der Waals surface area contributed by atoms with E-state index in [1.807, 2.05) is 29.2 Å². The second kappa shape index (κ2) is 8.02. The molecule has 0 bridgehead atoms. The SMILES string of the molecule is Nn1c(SCC(=O)N2CCCCCC2)nnc1-c1cccc(Br)c1. The molecule has 0 spiro atoms. The maximum Gasteiger partial charge on any atom is 0.233 e. The molecule has 2 heterocycles. The van der Waals surface area contributed by atoms with Crippen molar-refractivity contribution in [2.45, 2.75) is 30.8 Å². The van der Waals surface area contributed by atoms with Crippen molar-refractivity contribution >= 4 is 33.6 Å². The number of nitrogens with two attached hydrogens (primary N) is 1. The number of nitrogen functional groups attached to an aromatic ring is 1. The number of halogens is 1. The Kier molecular flexibility index (Phi) is 5.78. The van der Waals surface area contributed by atoms with Crippen LogP contribution in [-0.2, 0) is 4.79 Å². The fraction of sp³-hybridized carbons (Fsp3) is 0.438. The lowest BCUT2D eigenvalue weighted by molar-refractivity contribution is -0.128. The van der Waals surface area contributed by atoms with E-state index in [-0.39, 0.29) is 5.91 Å². The highest BCUT2D eigenvalue weighted by Crippen LogP contribution is 2.24. The van der Waals surface area contributed by atoms with Crippen LogP contribution >= 0.6 is 27.7 Å². The van der Waals surface area contributed by atoms with Crippen LogP contribution in [-0.4, -0.2) is 44.5 Å². The predicted octanol–water partition coefficient (Wildman–Crippen LogP) is 2.92. The predicted molar refractivity (Wildman–Crippen MR) is 99.1 cm³/mol. The van der Waals surface area contributed by atoms with Crippen molar-refractivity contribution in [2.75, 3.05) is 24.7 Å². The zero-order valence-electron chi connectivity index (χ0n) is 13.3. The van der Waals surface area contributed by atoms with E-state index in [0.717, 1.165) is 36.0 Å². The van der Waals surface area contributed by atoms with Crippen LogP contribution in [0.25, 0.3) is 11.4 Å². The van der Waals surface area contributed by atoms with E-state index >= 15 is 0 Å². The van der Waals surface area contributed by atoms with E-state index in [9.17, 15) is 4.79 Å². The summed E-state index contributed by atoms with van der Waals surface area (Å²) in [4.78, 5) is 14.3. The fourth-order valence-corrected chi connectivity index (χ4v) is 3.90. The number of carbonyl (C=O) groups is 1. The third kappa shape index (κ3) is 4.10. The third-order valence-electron chi connectivity index (χ3n) is 4.03. The molecule has 0 radical (unpaired) electrons. The number of aromatic nitrogens is 3. The van der Waals surface area contributed by atoms with Crippen molar-refractivity contribution in [3.05, 3.63) is 28.7 Å². The summed E-state index contributed by atoms with van der Waals surface area (Å²) in [6.07, 6.45) is 4.61. The first kappa shape index (κ1) is 17.3. The molecule has 3 rings (SSSR count).